The molecule has 2 rings (SSSR count). The van der Waals surface area contributed by atoms with Crippen LogP contribution in [0.25, 0.3) is 0 Å². The molecule has 1 fully saturated rings. The number of hydrogen-bond acceptors (Lipinski definition) is 3. The minimum Gasteiger partial charge on any atom is -0.465 e. The van der Waals surface area contributed by atoms with E-state index in [-0.39, 0.29) is 11.8 Å². The minimum absolute atomic E-state index is 0.208. The number of ether oxygens (including phenoxy) is 2. The molecule has 0 spiro atoms. The first-order valence-electron chi connectivity index (χ1n) is 8.63. The molecule has 3 heteroatoms. The summed E-state index contributed by atoms with van der Waals surface area (Å²) >= 11 is 0. The number of nitrogens with two attached hydrogens (primary N) is 1. The van der Waals surface area contributed by atoms with Crippen LogP contribution in [0.5, 0.6) is 5.75 Å². The van der Waals surface area contributed by atoms with Crippen molar-refractivity contribution in [3.63, 3.8) is 0 Å². The van der Waals surface area contributed by atoms with Crippen molar-refractivity contribution in [1.82, 2.24) is 0 Å². The summed E-state index contributed by atoms with van der Waals surface area (Å²) in [5.74, 6) is 1.69. The molecule has 1 atom stereocenters. The van der Waals surface area contributed by atoms with Crippen LogP contribution in [0.2, 0.25) is 0 Å². The Kier molecular flexibility index (Phi) is 6.27. The number of benzene rings is 1. The molecule has 0 aromatic heterocycles. The van der Waals surface area contributed by atoms with Crippen LogP contribution in [0.15, 0.2) is 24.3 Å². The Morgan fingerprint density at radius 2 is 1.77 bits per heavy atom. The molecule has 3 nitrogen and oxygen atoms in total. The van der Waals surface area contributed by atoms with Gasteiger partial charge in [0.25, 0.3) is 0 Å². The van der Waals surface area contributed by atoms with Crippen LogP contribution in [0.4, 0.5) is 0 Å². The average molecular weight is 305 g/mol. The maximum Gasteiger partial charge on any atom is 0.196 e. The number of rotatable bonds is 7. The first kappa shape index (κ1) is 17.3. The monoisotopic (exact) mass is 305 g/mol. The van der Waals surface area contributed by atoms with Gasteiger partial charge in [-0.3, -0.25) is 0 Å². The molecular weight excluding hydrogens is 274 g/mol. The third-order valence-corrected chi connectivity index (χ3v) is 4.50. The van der Waals surface area contributed by atoms with Gasteiger partial charge in [-0.25, -0.2) is 0 Å². The Morgan fingerprint density at radius 1 is 1.14 bits per heavy atom. The highest BCUT2D eigenvalue weighted by atomic mass is 16.7. The molecule has 2 N–H and O–H groups in total. The van der Waals surface area contributed by atoms with E-state index < -0.39 is 0 Å². The molecule has 124 valence electrons. The molecule has 1 aromatic rings. The van der Waals surface area contributed by atoms with Crippen molar-refractivity contribution in [2.24, 2.45) is 11.7 Å². The highest BCUT2D eigenvalue weighted by Gasteiger charge is 2.15. The van der Waals surface area contributed by atoms with Crippen LogP contribution < -0.4 is 10.5 Å². The summed E-state index contributed by atoms with van der Waals surface area (Å²) in [6.07, 6.45) is 7.88. The Labute approximate surface area is 135 Å². The van der Waals surface area contributed by atoms with Gasteiger partial charge in [-0.15, -0.1) is 0 Å². The van der Waals surface area contributed by atoms with Gasteiger partial charge in [0.2, 0.25) is 0 Å². The third kappa shape index (κ3) is 5.62. The van der Waals surface area contributed by atoms with Gasteiger partial charge in [0, 0.05) is 5.54 Å². The van der Waals surface area contributed by atoms with Crippen LogP contribution in [-0.4, -0.2) is 12.9 Å². The molecule has 0 saturated heterocycles. The van der Waals surface area contributed by atoms with E-state index in [9.17, 15) is 0 Å². The standard InChI is InChI=1S/C19H31NO2/c1-15(21-14-13-16-7-5-4-6-8-16)22-18-11-9-17(10-12-18)19(2,3)20/h9-12,15-16H,4-8,13-14,20H2,1-3H3. The van der Waals surface area contributed by atoms with Crippen molar-refractivity contribution in [2.75, 3.05) is 6.61 Å². The summed E-state index contributed by atoms with van der Waals surface area (Å²) in [7, 11) is 0. The van der Waals surface area contributed by atoms with Gasteiger partial charge in [0.05, 0.1) is 6.61 Å². The zero-order valence-electron chi connectivity index (χ0n) is 14.3. The molecule has 1 unspecified atom stereocenters. The lowest BCUT2D eigenvalue weighted by atomic mass is 9.87. The first-order chi connectivity index (χ1) is 10.4. The molecule has 1 aliphatic carbocycles. The largest absolute Gasteiger partial charge is 0.465 e. The molecular formula is C19H31NO2. The van der Waals surface area contributed by atoms with Gasteiger partial charge in [-0.05, 0) is 50.8 Å². The maximum atomic E-state index is 6.08. The normalized spacial score (nSPS) is 18.2. The summed E-state index contributed by atoms with van der Waals surface area (Å²) in [5.41, 5.74) is 6.86. The van der Waals surface area contributed by atoms with E-state index in [0.717, 1.165) is 30.3 Å². The Bertz CT molecular complexity index is 430. The van der Waals surface area contributed by atoms with Gasteiger partial charge in [-0.1, -0.05) is 44.2 Å². The molecule has 22 heavy (non-hydrogen) atoms. The van der Waals surface area contributed by atoms with E-state index >= 15 is 0 Å². The summed E-state index contributed by atoms with van der Waals surface area (Å²) in [5, 5.41) is 0. The zero-order valence-corrected chi connectivity index (χ0v) is 14.3. The van der Waals surface area contributed by atoms with Crippen LogP contribution in [0.1, 0.15) is 64.9 Å². The lowest BCUT2D eigenvalue weighted by molar-refractivity contribution is -0.0711. The van der Waals surface area contributed by atoms with E-state index in [1.54, 1.807) is 0 Å². The fraction of sp³-hybridized carbons (Fsp3) is 0.684. The van der Waals surface area contributed by atoms with Crippen molar-refractivity contribution in [3.8, 4) is 5.75 Å². The van der Waals surface area contributed by atoms with Gasteiger partial charge in [0.1, 0.15) is 5.75 Å². The van der Waals surface area contributed by atoms with E-state index in [1.807, 2.05) is 45.0 Å². The van der Waals surface area contributed by atoms with Crippen molar-refractivity contribution < 1.29 is 9.47 Å². The van der Waals surface area contributed by atoms with Crippen molar-refractivity contribution in [3.05, 3.63) is 29.8 Å². The average Bonchev–Trinajstić information content (AvgIpc) is 2.48. The van der Waals surface area contributed by atoms with Gasteiger partial charge >= 0.3 is 0 Å². The molecule has 0 bridgehead atoms. The second-order valence-corrected chi connectivity index (χ2v) is 7.10. The van der Waals surface area contributed by atoms with E-state index in [2.05, 4.69) is 0 Å². The van der Waals surface area contributed by atoms with Crippen LogP contribution in [0.3, 0.4) is 0 Å². The second-order valence-electron chi connectivity index (χ2n) is 7.10. The topological polar surface area (TPSA) is 44.5 Å². The lowest BCUT2D eigenvalue weighted by Crippen LogP contribution is -2.28. The Hall–Kier alpha value is -1.06. The van der Waals surface area contributed by atoms with Crippen molar-refractivity contribution in [2.45, 2.75) is 71.1 Å². The van der Waals surface area contributed by atoms with E-state index in [4.69, 9.17) is 15.2 Å². The third-order valence-electron chi connectivity index (χ3n) is 4.50. The predicted molar refractivity (Wildman–Crippen MR) is 90.9 cm³/mol. The molecule has 0 radical (unpaired) electrons. The van der Waals surface area contributed by atoms with Crippen molar-refractivity contribution in [1.29, 1.82) is 0 Å². The summed E-state index contributed by atoms with van der Waals surface area (Å²) in [6, 6.07) is 7.96. The van der Waals surface area contributed by atoms with Gasteiger partial charge in [-0.2, -0.15) is 0 Å². The fourth-order valence-corrected chi connectivity index (χ4v) is 3.07. The fourth-order valence-electron chi connectivity index (χ4n) is 3.07. The molecule has 1 aliphatic rings. The predicted octanol–water partition coefficient (Wildman–Crippen LogP) is 4.59. The van der Waals surface area contributed by atoms with Crippen LogP contribution in [0, 0.1) is 5.92 Å². The Balaban J connectivity index is 1.71. The highest BCUT2D eigenvalue weighted by Crippen LogP contribution is 2.26. The summed E-state index contributed by atoms with van der Waals surface area (Å²) < 4.78 is 11.6. The van der Waals surface area contributed by atoms with Gasteiger partial charge in [0.15, 0.2) is 6.29 Å². The lowest BCUT2D eigenvalue weighted by Gasteiger charge is -2.23. The molecule has 1 saturated carbocycles. The zero-order chi connectivity index (χ0) is 16.0. The van der Waals surface area contributed by atoms with Gasteiger partial charge < -0.3 is 15.2 Å². The quantitative estimate of drug-likeness (QED) is 0.749. The molecule has 1 aromatic carbocycles. The summed E-state index contributed by atoms with van der Waals surface area (Å²) in [4.78, 5) is 0. The van der Waals surface area contributed by atoms with E-state index in [1.165, 1.54) is 32.1 Å². The first-order valence-corrected chi connectivity index (χ1v) is 8.63. The smallest absolute Gasteiger partial charge is 0.196 e. The number of hydrogen-bond donors (Lipinski definition) is 1. The molecule has 0 amide bonds. The van der Waals surface area contributed by atoms with E-state index in [0.29, 0.717) is 0 Å². The van der Waals surface area contributed by atoms with Crippen LogP contribution >= 0.6 is 0 Å². The highest BCUT2D eigenvalue weighted by molar-refractivity contribution is 5.30. The maximum absolute atomic E-state index is 6.08. The van der Waals surface area contributed by atoms with Crippen LogP contribution in [-0.2, 0) is 10.3 Å². The molecule has 0 aliphatic heterocycles. The SMILES string of the molecule is CC(OCCC1CCCCC1)Oc1ccc(C(C)(C)N)cc1. The molecule has 0 heterocycles. The second kappa shape index (κ2) is 7.98. The Morgan fingerprint density at radius 3 is 2.36 bits per heavy atom. The minimum atomic E-state index is -0.319. The van der Waals surface area contributed by atoms with Crippen molar-refractivity contribution >= 4 is 0 Å². The summed E-state index contributed by atoms with van der Waals surface area (Å²) in [6.45, 7) is 6.75.